The summed E-state index contributed by atoms with van der Waals surface area (Å²) in [6.07, 6.45) is 1.71. The minimum Gasteiger partial charge on any atom is -0.321 e. The molecule has 0 unspecified atom stereocenters. The number of carbonyl (C=O) groups is 1. The van der Waals surface area contributed by atoms with Gasteiger partial charge in [-0.05, 0) is 42.5 Å². The van der Waals surface area contributed by atoms with Crippen LogP contribution in [0.2, 0.25) is 5.02 Å². The van der Waals surface area contributed by atoms with Gasteiger partial charge in [0, 0.05) is 14.8 Å². The summed E-state index contributed by atoms with van der Waals surface area (Å²) >= 11 is 7.88. The molecule has 5 rings (SSSR count). The fourth-order valence-electron chi connectivity index (χ4n) is 3.35. The number of anilines is 2. The average Bonchev–Trinajstić information content (AvgIpc) is 3.09. The van der Waals surface area contributed by atoms with Crippen molar-refractivity contribution in [3.8, 4) is 0 Å². The van der Waals surface area contributed by atoms with Crippen LogP contribution in [0.25, 0.3) is 11.0 Å². The first-order chi connectivity index (χ1) is 13.2. The van der Waals surface area contributed by atoms with Crippen LogP contribution in [-0.4, -0.2) is 15.5 Å². The molecular weight excluding hydrogens is 378 g/mol. The van der Waals surface area contributed by atoms with Crippen LogP contribution >= 0.6 is 23.4 Å². The lowest BCUT2D eigenvalue weighted by Gasteiger charge is -2.31. The number of para-hydroxylation sites is 3. The van der Waals surface area contributed by atoms with E-state index in [0.29, 0.717) is 5.02 Å². The van der Waals surface area contributed by atoms with E-state index in [1.54, 1.807) is 23.0 Å². The van der Waals surface area contributed by atoms with E-state index in [1.165, 1.54) is 0 Å². The topological polar surface area (TPSA) is 38.1 Å². The first kappa shape index (κ1) is 16.4. The molecule has 0 spiro atoms. The molecule has 1 aliphatic heterocycles. The second-order valence-corrected chi connectivity index (χ2v) is 7.79. The number of carbonyl (C=O) groups excluding carboxylic acids is 1. The molecule has 0 aliphatic carbocycles. The highest BCUT2D eigenvalue weighted by Gasteiger charge is 2.28. The van der Waals surface area contributed by atoms with Crippen molar-refractivity contribution in [2.45, 2.75) is 16.3 Å². The second kappa shape index (κ2) is 6.44. The molecule has 1 aromatic heterocycles. The minimum absolute atomic E-state index is 0.0329. The highest BCUT2D eigenvalue weighted by Crippen LogP contribution is 2.48. The lowest BCUT2D eigenvalue weighted by atomic mass is 10.2. The van der Waals surface area contributed by atoms with Gasteiger partial charge in [-0.2, -0.15) is 0 Å². The van der Waals surface area contributed by atoms with Gasteiger partial charge in [-0.1, -0.05) is 47.6 Å². The maximum atomic E-state index is 13.4. The van der Waals surface area contributed by atoms with Gasteiger partial charge >= 0.3 is 0 Å². The Morgan fingerprint density at radius 3 is 2.67 bits per heavy atom. The monoisotopic (exact) mass is 391 g/mol. The highest BCUT2D eigenvalue weighted by molar-refractivity contribution is 7.99. The Hall–Kier alpha value is -2.76. The predicted molar refractivity (Wildman–Crippen MR) is 109 cm³/mol. The van der Waals surface area contributed by atoms with Crippen molar-refractivity contribution < 1.29 is 4.79 Å². The summed E-state index contributed by atoms with van der Waals surface area (Å²) in [7, 11) is 0. The van der Waals surface area contributed by atoms with Crippen molar-refractivity contribution in [1.82, 2.24) is 9.55 Å². The van der Waals surface area contributed by atoms with Gasteiger partial charge in [0.1, 0.15) is 6.54 Å². The van der Waals surface area contributed by atoms with Crippen molar-refractivity contribution in [3.63, 3.8) is 0 Å². The molecule has 1 amide bonds. The first-order valence-corrected chi connectivity index (χ1v) is 9.69. The van der Waals surface area contributed by atoms with Crippen molar-refractivity contribution >= 4 is 51.7 Å². The smallest absolute Gasteiger partial charge is 0.251 e. The third kappa shape index (κ3) is 2.80. The number of halogens is 1. The van der Waals surface area contributed by atoms with Crippen molar-refractivity contribution in [3.05, 3.63) is 78.1 Å². The van der Waals surface area contributed by atoms with E-state index >= 15 is 0 Å². The molecule has 27 heavy (non-hydrogen) atoms. The van der Waals surface area contributed by atoms with E-state index in [-0.39, 0.29) is 12.5 Å². The van der Waals surface area contributed by atoms with Crippen molar-refractivity contribution in [2.24, 2.45) is 0 Å². The Morgan fingerprint density at radius 1 is 0.963 bits per heavy atom. The Labute approximate surface area is 165 Å². The van der Waals surface area contributed by atoms with E-state index in [1.807, 2.05) is 71.3 Å². The summed E-state index contributed by atoms with van der Waals surface area (Å²) in [6, 6.07) is 21.4. The van der Waals surface area contributed by atoms with E-state index in [9.17, 15) is 4.79 Å². The Morgan fingerprint density at radius 2 is 1.74 bits per heavy atom. The molecule has 0 radical (unpaired) electrons. The third-order valence-corrected chi connectivity index (χ3v) is 5.94. The van der Waals surface area contributed by atoms with Crippen LogP contribution in [-0.2, 0) is 11.3 Å². The summed E-state index contributed by atoms with van der Waals surface area (Å²) in [5.41, 5.74) is 3.52. The predicted octanol–water partition coefficient (Wildman–Crippen LogP) is 5.52. The Bertz CT molecular complexity index is 1190. The molecule has 132 valence electrons. The van der Waals surface area contributed by atoms with Crippen LogP contribution in [0.3, 0.4) is 0 Å². The molecule has 4 nitrogen and oxygen atoms in total. The normalized spacial score (nSPS) is 12.7. The summed E-state index contributed by atoms with van der Waals surface area (Å²) in [4.78, 5) is 21.6. The largest absolute Gasteiger partial charge is 0.321 e. The van der Waals surface area contributed by atoms with Crippen LogP contribution in [0.4, 0.5) is 11.4 Å². The maximum Gasteiger partial charge on any atom is 0.251 e. The summed E-state index contributed by atoms with van der Waals surface area (Å²) in [5, 5.41) is 0.611. The van der Waals surface area contributed by atoms with Crippen LogP contribution in [0.5, 0.6) is 0 Å². The lowest BCUT2D eigenvalue weighted by Crippen LogP contribution is -2.31. The molecule has 0 fully saturated rings. The average molecular weight is 392 g/mol. The van der Waals surface area contributed by atoms with Gasteiger partial charge in [0.25, 0.3) is 5.91 Å². The number of aromatic nitrogens is 2. The molecule has 0 atom stereocenters. The SMILES string of the molecule is O=C(Cn1cnc2ccccc21)N1c2ccccc2Sc2ccc(Cl)cc21. The van der Waals surface area contributed by atoms with E-state index in [2.05, 4.69) is 4.98 Å². The zero-order valence-corrected chi connectivity index (χ0v) is 15.7. The van der Waals surface area contributed by atoms with E-state index < -0.39 is 0 Å². The van der Waals surface area contributed by atoms with Crippen molar-refractivity contribution in [2.75, 3.05) is 4.90 Å². The van der Waals surface area contributed by atoms with Gasteiger partial charge < -0.3 is 4.57 Å². The Balaban J connectivity index is 1.59. The molecule has 0 saturated carbocycles. The number of fused-ring (bicyclic) bond motifs is 3. The summed E-state index contributed by atoms with van der Waals surface area (Å²) < 4.78 is 1.88. The standard InChI is InChI=1S/C21H14ClN3OS/c22-14-9-10-20-18(11-14)25(17-7-3-4-8-19(17)27-20)21(26)12-24-13-23-15-5-1-2-6-16(15)24/h1-11,13H,12H2. The molecule has 2 heterocycles. The van der Waals surface area contributed by atoms with E-state index in [4.69, 9.17) is 11.6 Å². The molecule has 0 bridgehead atoms. The number of rotatable bonds is 2. The second-order valence-electron chi connectivity index (χ2n) is 6.27. The maximum absolute atomic E-state index is 13.4. The zero-order valence-electron chi connectivity index (χ0n) is 14.2. The van der Waals surface area contributed by atoms with Gasteiger partial charge in [0.05, 0.1) is 28.7 Å². The van der Waals surface area contributed by atoms with Gasteiger partial charge in [-0.25, -0.2) is 4.98 Å². The number of hydrogen-bond acceptors (Lipinski definition) is 3. The quantitative estimate of drug-likeness (QED) is 0.451. The van der Waals surface area contributed by atoms with Crippen molar-refractivity contribution in [1.29, 1.82) is 0 Å². The molecule has 0 N–H and O–H groups in total. The highest BCUT2D eigenvalue weighted by atomic mass is 35.5. The minimum atomic E-state index is -0.0329. The fourth-order valence-corrected chi connectivity index (χ4v) is 4.55. The molecular formula is C21H14ClN3OS. The van der Waals surface area contributed by atoms with Crippen LogP contribution in [0.1, 0.15) is 0 Å². The number of hydrogen-bond donors (Lipinski definition) is 0. The van der Waals surface area contributed by atoms with Crippen LogP contribution < -0.4 is 4.90 Å². The number of nitrogens with zero attached hydrogens (tertiary/aromatic N) is 3. The van der Waals surface area contributed by atoms with E-state index in [0.717, 1.165) is 32.2 Å². The van der Waals surface area contributed by atoms with Crippen LogP contribution in [0.15, 0.2) is 82.8 Å². The summed E-state index contributed by atoms with van der Waals surface area (Å²) in [5.74, 6) is -0.0329. The number of benzene rings is 3. The number of imidazole rings is 1. The van der Waals surface area contributed by atoms with Gasteiger partial charge in [0.15, 0.2) is 0 Å². The van der Waals surface area contributed by atoms with Gasteiger partial charge in [0.2, 0.25) is 0 Å². The molecule has 3 aromatic carbocycles. The molecule has 0 saturated heterocycles. The molecule has 4 aromatic rings. The fraction of sp³-hybridized carbons (Fsp3) is 0.0476. The number of amides is 1. The molecule has 6 heteroatoms. The Kier molecular flexibility index (Phi) is 3.92. The first-order valence-electron chi connectivity index (χ1n) is 8.50. The van der Waals surface area contributed by atoms with Crippen LogP contribution in [0, 0.1) is 0 Å². The summed E-state index contributed by atoms with van der Waals surface area (Å²) in [6.45, 7) is 0.200. The third-order valence-electron chi connectivity index (χ3n) is 4.57. The van der Waals surface area contributed by atoms with Gasteiger partial charge in [-0.15, -0.1) is 0 Å². The lowest BCUT2D eigenvalue weighted by molar-refractivity contribution is -0.118. The zero-order chi connectivity index (χ0) is 18.4. The van der Waals surface area contributed by atoms with Gasteiger partial charge in [-0.3, -0.25) is 9.69 Å². The molecule has 1 aliphatic rings.